The summed E-state index contributed by atoms with van der Waals surface area (Å²) in [5.74, 6) is -0.905. The van der Waals surface area contributed by atoms with Crippen LogP contribution in [0.3, 0.4) is 0 Å². The molecule has 1 amide bonds. The van der Waals surface area contributed by atoms with Crippen LogP contribution in [0.1, 0.15) is 21.5 Å². The van der Waals surface area contributed by atoms with Crippen molar-refractivity contribution in [2.24, 2.45) is 0 Å². The molecule has 0 bridgehead atoms. The summed E-state index contributed by atoms with van der Waals surface area (Å²) in [6, 6.07) is 25.5. The number of halogens is 1. The minimum absolute atomic E-state index is 0.111. The van der Waals surface area contributed by atoms with Gasteiger partial charge in [-0.2, -0.15) is 0 Å². The number of ether oxygens (including phenoxy) is 1. The molecule has 1 aromatic heterocycles. The topological polar surface area (TPSA) is 88.5 Å². The number of aryl methyl sites for hydroxylation is 1. The van der Waals surface area contributed by atoms with Gasteiger partial charge < -0.3 is 15.2 Å². The van der Waals surface area contributed by atoms with Crippen molar-refractivity contribution < 1.29 is 19.4 Å². The Kier molecular flexibility index (Phi) is 6.99. The van der Waals surface area contributed by atoms with E-state index in [4.69, 9.17) is 21.3 Å². The Hall–Kier alpha value is -4.42. The molecule has 0 spiro atoms. The zero-order valence-corrected chi connectivity index (χ0v) is 21.6. The maximum absolute atomic E-state index is 12.8. The lowest BCUT2D eigenvalue weighted by Gasteiger charge is -2.17. The van der Waals surface area contributed by atoms with Gasteiger partial charge in [-0.15, -0.1) is 0 Å². The minimum atomic E-state index is -1.13. The van der Waals surface area contributed by atoms with E-state index in [1.165, 1.54) is 0 Å². The van der Waals surface area contributed by atoms with Gasteiger partial charge in [-0.3, -0.25) is 4.79 Å². The number of carboxylic acid groups (broad SMARTS) is 1. The molecule has 1 atom stereocenters. The van der Waals surface area contributed by atoms with Gasteiger partial charge in [0.05, 0.1) is 34.5 Å². The number of fused-ring (bicyclic) bond motifs is 2. The van der Waals surface area contributed by atoms with Gasteiger partial charge in [0.2, 0.25) is 0 Å². The summed E-state index contributed by atoms with van der Waals surface area (Å²) >= 11 is 6.20. The molecule has 5 aromatic rings. The molecule has 4 aromatic carbocycles. The van der Waals surface area contributed by atoms with E-state index in [9.17, 15) is 14.7 Å². The van der Waals surface area contributed by atoms with Gasteiger partial charge in [0, 0.05) is 11.8 Å². The standard InChI is InChI=1S/C31H25ClN2O4/c1-18-6-5-9-23(32)28(18)30(35)34-26(31(36)37)17-19-10-13-24-21(16-19)11-14-25(33-24)29-22-8-4-3-7-20(22)12-15-27(29)38-2/h3-16,26H,17H2,1-2H3,(H,34,35)(H,36,37)/t26-/m0/s1. The monoisotopic (exact) mass is 524 g/mol. The van der Waals surface area contributed by atoms with Crippen molar-refractivity contribution in [3.05, 3.63) is 107 Å². The van der Waals surface area contributed by atoms with Crippen LogP contribution in [-0.4, -0.2) is 35.1 Å². The van der Waals surface area contributed by atoms with E-state index < -0.39 is 17.9 Å². The summed E-state index contributed by atoms with van der Waals surface area (Å²) in [4.78, 5) is 29.7. The predicted octanol–water partition coefficient (Wildman–Crippen LogP) is 6.45. The van der Waals surface area contributed by atoms with E-state index in [2.05, 4.69) is 11.4 Å². The number of aliphatic carboxylic acids is 1. The second kappa shape index (κ2) is 10.5. The SMILES string of the molecule is COc1ccc2ccccc2c1-c1ccc2cc(C[C@H](NC(=O)c3c(C)cccc3Cl)C(=O)O)ccc2n1. The highest BCUT2D eigenvalue weighted by Crippen LogP contribution is 2.36. The largest absolute Gasteiger partial charge is 0.496 e. The average molecular weight is 525 g/mol. The average Bonchev–Trinajstić information content (AvgIpc) is 2.91. The molecule has 1 heterocycles. The molecule has 190 valence electrons. The molecule has 0 aliphatic carbocycles. The Morgan fingerprint density at radius 3 is 2.53 bits per heavy atom. The number of methoxy groups -OCH3 is 1. The summed E-state index contributed by atoms with van der Waals surface area (Å²) < 4.78 is 5.65. The van der Waals surface area contributed by atoms with Gasteiger partial charge in [-0.1, -0.05) is 66.2 Å². The third-order valence-corrected chi connectivity index (χ3v) is 6.93. The van der Waals surface area contributed by atoms with Crippen LogP contribution in [0.2, 0.25) is 5.02 Å². The maximum atomic E-state index is 12.8. The second-order valence-electron chi connectivity index (χ2n) is 9.09. The molecular weight excluding hydrogens is 500 g/mol. The first kappa shape index (κ1) is 25.2. The van der Waals surface area contributed by atoms with Crippen LogP contribution >= 0.6 is 11.6 Å². The molecule has 0 aliphatic heterocycles. The number of amides is 1. The van der Waals surface area contributed by atoms with Crippen LogP contribution in [0, 0.1) is 6.92 Å². The molecule has 6 nitrogen and oxygen atoms in total. The number of hydrogen-bond acceptors (Lipinski definition) is 4. The van der Waals surface area contributed by atoms with Gasteiger partial charge in [0.1, 0.15) is 11.8 Å². The molecule has 0 radical (unpaired) electrons. The number of carbonyl (C=O) groups excluding carboxylic acids is 1. The third-order valence-electron chi connectivity index (χ3n) is 6.61. The molecule has 5 rings (SSSR count). The Bertz CT molecular complexity index is 1680. The summed E-state index contributed by atoms with van der Waals surface area (Å²) in [5.41, 5.74) is 4.18. The Balaban J connectivity index is 1.44. The Morgan fingerprint density at radius 1 is 0.974 bits per heavy atom. The van der Waals surface area contributed by atoms with Crippen molar-refractivity contribution in [3.8, 4) is 17.0 Å². The van der Waals surface area contributed by atoms with Crippen molar-refractivity contribution >= 4 is 45.2 Å². The number of pyridine rings is 1. The Labute approximate surface area is 224 Å². The van der Waals surface area contributed by atoms with E-state index in [1.807, 2.05) is 60.7 Å². The van der Waals surface area contributed by atoms with Gasteiger partial charge in [0.15, 0.2) is 0 Å². The number of aromatic nitrogens is 1. The van der Waals surface area contributed by atoms with Crippen LogP contribution in [-0.2, 0) is 11.2 Å². The molecule has 0 aliphatic rings. The normalized spacial score (nSPS) is 11.9. The van der Waals surface area contributed by atoms with Crippen LogP contribution in [0.4, 0.5) is 0 Å². The fraction of sp³-hybridized carbons (Fsp3) is 0.129. The van der Waals surface area contributed by atoms with Crippen molar-refractivity contribution in [2.75, 3.05) is 7.11 Å². The molecule has 7 heteroatoms. The van der Waals surface area contributed by atoms with E-state index in [0.29, 0.717) is 5.56 Å². The summed E-state index contributed by atoms with van der Waals surface area (Å²) in [5, 5.41) is 15.7. The molecule has 0 saturated heterocycles. The molecule has 0 fully saturated rings. The highest BCUT2D eigenvalue weighted by molar-refractivity contribution is 6.34. The zero-order chi connectivity index (χ0) is 26.8. The number of carbonyl (C=O) groups is 2. The first-order valence-corrected chi connectivity index (χ1v) is 12.5. The van der Waals surface area contributed by atoms with Gasteiger partial charge in [-0.25, -0.2) is 9.78 Å². The quantitative estimate of drug-likeness (QED) is 0.255. The molecule has 0 saturated carbocycles. The number of nitrogens with one attached hydrogen (secondary N) is 1. The van der Waals surface area contributed by atoms with E-state index in [-0.39, 0.29) is 17.0 Å². The van der Waals surface area contributed by atoms with Gasteiger partial charge >= 0.3 is 5.97 Å². The van der Waals surface area contributed by atoms with Gasteiger partial charge in [-0.05, 0) is 59.2 Å². The fourth-order valence-corrected chi connectivity index (χ4v) is 5.02. The lowest BCUT2D eigenvalue weighted by Crippen LogP contribution is -2.42. The second-order valence-corrected chi connectivity index (χ2v) is 9.49. The van der Waals surface area contributed by atoms with Crippen molar-refractivity contribution in [3.63, 3.8) is 0 Å². The van der Waals surface area contributed by atoms with Crippen LogP contribution in [0.5, 0.6) is 5.75 Å². The van der Waals surface area contributed by atoms with E-state index in [0.717, 1.165) is 44.2 Å². The first-order valence-electron chi connectivity index (χ1n) is 12.1. The number of benzene rings is 4. The zero-order valence-electron chi connectivity index (χ0n) is 20.9. The number of carboxylic acids is 1. The molecular formula is C31H25ClN2O4. The van der Waals surface area contributed by atoms with Crippen molar-refractivity contribution in [2.45, 2.75) is 19.4 Å². The highest BCUT2D eigenvalue weighted by Gasteiger charge is 2.23. The molecule has 0 unspecified atom stereocenters. The first-order chi connectivity index (χ1) is 18.4. The Morgan fingerprint density at radius 2 is 1.76 bits per heavy atom. The third kappa shape index (κ3) is 4.91. The van der Waals surface area contributed by atoms with Gasteiger partial charge in [0.25, 0.3) is 5.91 Å². The molecule has 38 heavy (non-hydrogen) atoms. The molecule has 2 N–H and O–H groups in total. The highest BCUT2D eigenvalue weighted by atomic mass is 35.5. The number of rotatable bonds is 7. The number of nitrogens with zero attached hydrogens (tertiary/aromatic N) is 1. The summed E-state index contributed by atoms with van der Waals surface area (Å²) in [6.45, 7) is 1.76. The predicted molar refractivity (Wildman–Crippen MR) is 150 cm³/mol. The summed E-state index contributed by atoms with van der Waals surface area (Å²) in [7, 11) is 1.64. The minimum Gasteiger partial charge on any atom is -0.496 e. The van der Waals surface area contributed by atoms with Crippen LogP contribution in [0.25, 0.3) is 32.9 Å². The van der Waals surface area contributed by atoms with E-state index in [1.54, 1.807) is 32.2 Å². The van der Waals surface area contributed by atoms with Crippen molar-refractivity contribution in [1.82, 2.24) is 10.3 Å². The fourth-order valence-electron chi connectivity index (χ4n) is 4.71. The lowest BCUT2D eigenvalue weighted by atomic mass is 9.99. The van der Waals surface area contributed by atoms with Crippen LogP contribution in [0.15, 0.2) is 84.9 Å². The smallest absolute Gasteiger partial charge is 0.326 e. The maximum Gasteiger partial charge on any atom is 0.326 e. The summed E-state index contributed by atoms with van der Waals surface area (Å²) in [6.07, 6.45) is 0.111. The van der Waals surface area contributed by atoms with Crippen molar-refractivity contribution in [1.29, 1.82) is 0 Å². The van der Waals surface area contributed by atoms with E-state index >= 15 is 0 Å². The number of hydrogen-bond donors (Lipinski definition) is 2. The lowest BCUT2D eigenvalue weighted by molar-refractivity contribution is -0.139. The van der Waals surface area contributed by atoms with Crippen LogP contribution < -0.4 is 10.1 Å².